The van der Waals surface area contributed by atoms with Gasteiger partial charge in [-0.15, -0.1) is 0 Å². The standard InChI is InChI=1S/C16H18O5/c1-16(2)13(21-16)7-10-12(19-4)8-11(18-3)9-5-6-14(17)20-15(9)10/h5-6,8,13H,7H2,1-4H3. The lowest BCUT2D eigenvalue weighted by molar-refractivity contribution is 0.322. The van der Waals surface area contributed by atoms with E-state index in [2.05, 4.69) is 0 Å². The SMILES string of the molecule is COc1cc(OC)c2ccc(=O)oc2c1CC1OC1(C)C. The Bertz CT molecular complexity index is 744. The summed E-state index contributed by atoms with van der Waals surface area (Å²) in [5.74, 6) is 1.25. The van der Waals surface area contributed by atoms with Gasteiger partial charge in [0.25, 0.3) is 0 Å². The molecular weight excluding hydrogens is 272 g/mol. The average molecular weight is 290 g/mol. The van der Waals surface area contributed by atoms with Crippen LogP contribution in [-0.2, 0) is 11.2 Å². The lowest BCUT2D eigenvalue weighted by atomic mass is 9.99. The molecule has 0 bridgehead atoms. The van der Waals surface area contributed by atoms with Gasteiger partial charge >= 0.3 is 5.63 Å². The third kappa shape index (κ3) is 2.38. The molecule has 112 valence electrons. The van der Waals surface area contributed by atoms with Crippen LogP contribution < -0.4 is 15.1 Å². The summed E-state index contributed by atoms with van der Waals surface area (Å²) in [6.45, 7) is 4.07. The van der Waals surface area contributed by atoms with Crippen LogP contribution in [0.1, 0.15) is 19.4 Å². The van der Waals surface area contributed by atoms with E-state index < -0.39 is 5.63 Å². The smallest absolute Gasteiger partial charge is 0.336 e. The van der Waals surface area contributed by atoms with Crippen molar-refractivity contribution in [3.8, 4) is 11.5 Å². The Morgan fingerprint density at radius 1 is 1.19 bits per heavy atom. The molecule has 1 aliphatic heterocycles. The fraction of sp³-hybridized carbons (Fsp3) is 0.438. The van der Waals surface area contributed by atoms with Crippen molar-refractivity contribution in [2.75, 3.05) is 14.2 Å². The summed E-state index contributed by atoms with van der Waals surface area (Å²) in [5.41, 5.74) is 0.799. The molecule has 0 amide bonds. The molecule has 1 fully saturated rings. The van der Waals surface area contributed by atoms with Crippen LogP contribution in [-0.4, -0.2) is 25.9 Å². The van der Waals surface area contributed by atoms with Gasteiger partial charge in [-0.25, -0.2) is 4.79 Å². The summed E-state index contributed by atoms with van der Waals surface area (Å²) in [7, 11) is 3.16. The minimum Gasteiger partial charge on any atom is -0.496 e. The molecule has 1 aliphatic rings. The number of rotatable bonds is 4. The summed E-state index contributed by atoms with van der Waals surface area (Å²) in [4.78, 5) is 11.6. The van der Waals surface area contributed by atoms with Gasteiger partial charge in [-0.05, 0) is 19.9 Å². The molecule has 1 saturated heterocycles. The third-order valence-corrected chi connectivity index (χ3v) is 3.93. The van der Waals surface area contributed by atoms with Crippen LogP contribution in [0.2, 0.25) is 0 Å². The summed E-state index contributed by atoms with van der Waals surface area (Å²) < 4.78 is 21.8. The van der Waals surface area contributed by atoms with E-state index in [9.17, 15) is 4.79 Å². The summed E-state index contributed by atoms with van der Waals surface area (Å²) in [6.07, 6.45) is 0.720. The Morgan fingerprint density at radius 3 is 2.43 bits per heavy atom. The predicted octanol–water partition coefficient (Wildman–Crippen LogP) is 2.53. The fourth-order valence-electron chi connectivity index (χ4n) is 2.58. The number of epoxide rings is 1. The molecule has 2 aromatic rings. The molecule has 1 unspecified atom stereocenters. The normalized spacial score (nSPS) is 19.5. The number of methoxy groups -OCH3 is 2. The van der Waals surface area contributed by atoms with Crippen molar-refractivity contribution in [1.82, 2.24) is 0 Å². The van der Waals surface area contributed by atoms with Gasteiger partial charge in [-0.3, -0.25) is 0 Å². The van der Waals surface area contributed by atoms with Gasteiger partial charge in [0.15, 0.2) is 0 Å². The fourth-order valence-corrected chi connectivity index (χ4v) is 2.58. The molecule has 0 spiro atoms. The maximum Gasteiger partial charge on any atom is 0.336 e. The molecule has 5 heteroatoms. The first-order valence-electron chi connectivity index (χ1n) is 6.82. The highest BCUT2D eigenvalue weighted by molar-refractivity contribution is 5.88. The van der Waals surface area contributed by atoms with Gasteiger partial charge < -0.3 is 18.6 Å². The number of hydrogen-bond donors (Lipinski definition) is 0. The van der Waals surface area contributed by atoms with Crippen LogP contribution in [0.25, 0.3) is 11.0 Å². The minimum absolute atomic E-state index is 0.0912. The zero-order valence-corrected chi connectivity index (χ0v) is 12.6. The molecule has 3 rings (SSSR count). The Kier molecular flexibility index (Phi) is 3.17. The Hall–Kier alpha value is -2.01. The average Bonchev–Trinajstić information content (AvgIpc) is 3.06. The van der Waals surface area contributed by atoms with Gasteiger partial charge in [0.1, 0.15) is 17.1 Å². The lowest BCUT2D eigenvalue weighted by Crippen LogP contribution is -2.08. The second-order valence-corrected chi connectivity index (χ2v) is 5.67. The van der Waals surface area contributed by atoms with Crippen molar-refractivity contribution >= 4 is 11.0 Å². The van der Waals surface area contributed by atoms with Crippen molar-refractivity contribution in [3.63, 3.8) is 0 Å². The summed E-state index contributed by atoms with van der Waals surface area (Å²) in [6, 6.07) is 4.91. The molecule has 21 heavy (non-hydrogen) atoms. The second kappa shape index (κ2) is 4.77. The predicted molar refractivity (Wildman–Crippen MR) is 78.2 cm³/mol. The van der Waals surface area contributed by atoms with E-state index in [4.69, 9.17) is 18.6 Å². The molecule has 1 atom stereocenters. The van der Waals surface area contributed by atoms with Crippen LogP contribution in [0.5, 0.6) is 11.5 Å². The maximum absolute atomic E-state index is 11.6. The monoisotopic (exact) mass is 290 g/mol. The van der Waals surface area contributed by atoms with Crippen LogP contribution >= 0.6 is 0 Å². The van der Waals surface area contributed by atoms with E-state index in [-0.39, 0.29) is 11.7 Å². The number of benzene rings is 1. The van der Waals surface area contributed by atoms with Gasteiger partial charge in [0, 0.05) is 24.1 Å². The lowest BCUT2D eigenvalue weighted by Gasteiger charge is -2.13. The van der Waals surface area contributed by atoms with E-state index in [1.54, 1.807) is 20.3 Å². The van der Waals surface area contributed by atoms with E-state index >= 15 is 0 Å². The number of ether oxygens (including phenoxy) is 3. The van der Waals surface area contributed by atoms with Crippen molar-refractivity contribution in [2.45, 2.75) is 32.0 Å². The molecule has 0 radical (unpaired) electrons. The number of fused-ring (bicyclic) bond motifs is 1. The van der Waals surface area contributed by atoms with Gasteiger partial charge in [0.05, 0.1) is 31.3 Å². The van der Waals surface area contributed by atoms with Crippen molar-refractivity contribution in [3.05, 3.63) is 34.2 Å². The molecule has 0 N–H and O–H groups in total. The van der Waals surface area contributed by atoms with Gasteiger partial charge in [-0.1, -0.05) is 0 Å². The van der Waals surface area contributed by atoms with Crippen molar-refractivity contribution < 1.29 is 18.6 Å². The highest BCUT2D eigenvalue weighted by Gasteiger charge is 2.48. The van der Waals surface area contributed by atoms with Crippen LogP contribution in [0.3, 0.4) is 0 Å². The molecule has 1 aromatic heterocycles. The molecular formula is C16H18O5. The summed E-state index contributed by atoms with van der Waals surface area (Å²) >= 11 is 0. The van der Waals surface area contributed by atoms with Crippen LogP contribution in [0.15, 0.2) is 27.4 Å². The van der Waals surface area contributed by atoms with Crippen LogP contribution in [0, 0.1) is 0 Å². The van der Waals surface area contributed by atoms with E-state index in [0.29, 0.717) is 23.5 Å². The summed E-state index contributed by atoms with van der Waals surface area (Å²) in [5, 5.41) is 0.756. The van der Waals surface area contributed by atoms with E-state index in [0.717, 1.165) is 10.9 Å². The van der Waals surface area contributed by atoms with Gasteiger partial charge in [-0.2, -0.15) is 0 Å². The first-order valence-corrected chi connectivity index (χ1v) is 6.82. The second-order valence-electron chi connectivity index (χ2n) is 5.67. The zero-order chi connectivity index (χ0) is 15.2. The highest BCUT2D eigenvalue weighted by atomic mass is 16.6. The van der Waals surface area contributed by atoms with E-state index in [1.807, 2.05) is 19.9 Å². The Labute approximate surface area is 122 Å². The molecule has 5 nitrogen and oxygen atoms in total. The largest absolute Gasteiger partial charge is 0.496 e. The van der Waals surface area contributed by atoms with Crippen molar-refractivity contribution in [1.29, 1.82) is 0 Å². The zero-order valence-electron chi connectivity index (χ0n) is 12.6. The molecule has 0 aliphatic carbocycles. The maximum atomic E-state index is 11.6. The topological polar surface area (TPSA) is 61.2 Å². The Morgan fingerprint density at radius 2 is 1.86 bits per heavy atom. The first-order chi connectivity index (χ1) is 9.96. The van der Waals surface area contributed by atoms with E-state index in [1.165, 1.54) is 6.07 Å². The highest BCUT2D eigenvalue weighted by Crippen LogP contribution is 2.42. The molecule has 2 heterocycles. The minimum atomic E-state index is -0.393. The first kappa shape index (κ1) is 13.9. The van der Waals surface area contributed by atoms with Crippen LogP contribution in [0.4, 0.5) is 0 Å². The number of hydrogen-bond acceptors (Lipinski definition) is 5. The Balaban J connectivity index is 2.20. The molecule has 0 saturated carbocycles. The van der Waals surface area contributed by atoms with Crippen molar-refractivity contribution in [2.24, 2.45) is 0 Å². The van der Waals surface area contributed by atoms with Gasteiger partial charge in [0.2, 0.25) is 0 Å². The molecule has 1 aromatic carbocycles. The third-order valence-electron chi connectivity index (χ3n) is 3.93. The quantitative estimate of drug-likeness (QED) is 0.639.